The van der Waals surface area contributed by atoms with Gasteiger partial charge >= 0.3 is 0 Å². The van der Waals surface area contributed by atoms with Crippen LogP contribution in [0.15, 0.2) is 22.0 Å². The van der Waals surface area contributed by atoms with E-state index < -0.39 is 0 Å². The molecule has 0 spiro atoms. The number of ether oxygens (including phenoxy) is 1. The first-order chi connectivity index (χ1) is 11.8. The predicted octanol–water partition coefficient (Wildman–Crippen LogP) is 3.61. The van der Waals surface area contributed by atoms with Crippen molar-refractivity contribution in [3.05, 3.63) is 34.1 Å². The average Bonchev–Trinajstić information content (AvgIpc) is 3.27. The normalized spacial score (nSPS) is 26.7. The summed E-state index contributed by atoms with van der Waals surface area (Å²) in [5, 5.41) is 6.14. The molecule has 0 radical (unpaired) electrons. The van der Waals surface area contributed by atoms with E-state index in [1.807, 2.05) is 18.3 Å². The second kappa shape index (κ2) is 7.33. The Bertz CT molecular complexity index is 634. The van der Waals surface area contributed by atoms with Gasteiger partial charge in [0.1, 0.15) is 0 Å². The van der Waals surface area contributed by atoms with Gasteiger partial charge in [-0.25, -0.2) is 0 Å². The smallest absolute Gasteiger partial charge is 0.232 e. The fourth-order valence-corrected chi connectivity index (χ4v) is 4.80. The van der Waals surface area contributed by atoms with Crippen molar-refractivity contribution in [2.75, 3.05) is 19.7 Å². The Morgan fingerprint density at radius 3 is 2.88 bits per heavy atom. The zero-order valence-electron chi connectivity index (χ0n) is 14.2. The highest BCUT2D eigenvalue weighted by Gasteiger charge is 2.38. The predicted molar refractivity (Wildman–Crippen MR) is 93.1 cm³/mol. The zero-order valence-corrected chi connectivity index (χ0v) is 15.0. The van der Waals surface area contributed by atoms with Gasteiger partial charge in [0, 0.05) is 18.0 Å². The molecule has 0 amide bonds. The van der Waals surface area contributed by atoms with Crippen molar-refractivity contribution < 1.29 is 9.26 Å². The second-order valence-electron chi connectivity index (χ2n) is 6.96. The Kier molecular flexibility index (Phi) is 4.96. The number of likely N-dealkylation sites (tertiary alicyclic amines) is 1. The molecule has 4 heterocycles. The number of aryl methyl sites for hydroxylation is 1. The van der Waals surface area contributed by atoms with Crippen molar-refractivity contribution >= 4 is 11.3 Å². The molecule has 0 bridgehead atoms. The van der Waals surface area contributed by atoms with Gasteiger partial charge in [-0.15, -0.1) is 11.3 Å². The maximum absolute atomic E-state index is 6.19. The third kappa shape index (κ3) is 3.55. The van der Waals surface area contributed by atoms with Crippen LogP contribution in [-0.4, -0.2) is 40.8 Å². The van der Waals surface area contributed by atoms with E-state index in [4.69, 9.17) is 9.26 Å². The number of hydrogen-bond donors (Lipinski definition) is 0. The topological polar surface area (TPSA) is 51.4 Å². The van der Waals surface area contributed by atoms with E-state index in [2.05, 4.69) is 32.6 Å². The summed E-state index contributed by atoms with van der Waals surface area (Å²) in [5.41, 5.74) is 0. The van der Waals surface area contributed by atoms with E-state index in [1.54, 1.807) is 0 Å². The fourth-order valence-electron chi connectivity index (χ4n) is 4.06. The molecular weight excluding hydrogens is 322 g/mol. The number of nitrogens with zero attached hydrogens (tertiary/aromatic N) is 3. The van der Waals surface area contributed by atoms with E-state index >= 15 is 0 Å². The molecule has 0 N–H and O–H groups in total. The molecule has 6 heteroatoms. The van der Waals surface area contributed by atoms with Crippen molar-refractivity contribution in [1.82, 2.24) is 15.0 Å². The molecule has 24 heavy (non-hydrogen) atoms. The Morgan fingerprint density at radius 2 is 2.17 bits per heavy atom. The molecule has 0 saturated carbocycles. The van der Waals surface area contributed by atoms with Crippen molar-refractivity contribution in [1.29, 1.82) is 0 Å². The van der Waals surface area contributed by atoms with E-state index in [0.717, 1.165) is 50.8 Å². The molecule has 0 unspecified atom stereocenters. The second-order valence-corrected chi connectivity index (χ2v) is 7.99. The molecule has 5 nitrogen and oxygen atoms in total. The van der Waals surface area contributed by atoms with Crippen LogP contribution in [0.4, 0.5) is 0 Å². The molecular formula is C18H25N3O2S. The number of rotatable bonds is 4. The maximum atomic E-state index is 6.19. The molecule has 2 aromatic rings. The van der Waals surface area contributed by atoms with Crippen molar-refractivity contribution in [2.45, 2.75) is 51.2 Å². The summed E-state index contributed by atoms with van der Waals surface area (Å²) in [6.07, 6.45) is 4.81. The highest BCUT2D eigenvalue weighted by molar-refractivity contribution is 7.09. The lowest BCUT2D eigenvalue weighted by atomic mass is 9.80. The lowest BCUT2D eigenvalue weighted by Gasteiger charge is -2.40. The maximum Gasteiger partial charge on any atom is 0.232 e. The molecule has 4 rings (SSSR count). The summed E-state index contributed by atoms with van der Waals surface area (Å²) in [4.78, 5) is 8.50. The molecule has 2 saturated heterocycles. The third-order valence-electron chi connectivity index (χ3n) is 5.28. The van der Waals surface area contributed by atoms with Gasteiger partial charge in [0.15, 0.2) is 5.82 Å². The van der Waals surface area contributed by atoms with Gasteiger partial charge in [-0.3, -0.25) is 4.90 Å². The summed E-state index contributed by atoms with van der Waals surface area (Å²) in [6, 6.07) is 4.37. The third-order valence-corrected chi connectivity index (χ3v) is 6.14. The van der Waals surface area contributed by atoms with Crippen LogP contribution in [-0.2, 0) is 11.3 Å². The number of thiophene rings is 1. The lowest BCUT2D eigenvalue weighted by Crippen LogP contribution is -2.42. The van der Waals surface area contributed by atoms with E-state index in [0.29, 0.717) is 5.92 Å². The molecule has 2 aliphatic rings. The largest absolute Gasteiger partial charge is 0.377 e. The standard InChI is InChI=1S/C18H25N3O2S/c1-13-19-18(23-20-13)16-5-2-10-22-17(16)14-6-8-21(9-7-14)12-15-4-3-11-24-15/h3-4,11,14,16-17H,2,5-10,12H2,1H3/t16-,17+/m1/s1. The van der Waals surface area contributed by atoms with Crippen LogP contribution in [0.1, 0.15) is 48.2 Å². The summed E-state index contributed by atoms with van der Waals surface area (Å²) < 4.78 is 11.7. The first kappa shape index (κ1) is 16.2. The minimum atomic E-state index is 0.238. The minimum Gasteiger partial charge on any atom is -0.377 e. The number of piperidine rings is 1. The Morgan fingerprint density at radius 1 is 1.29 bits per heavy atom. The molecule has 2 aliphatic heterocycles. The SMILES string of the molecule is Cc1noc([C@@H]2CCCO[C@H]2C2CCN(Cc3cccs3)CC2)n1. The van der Waals surface area contributed by atoms with Gasteiger partial charge in [-0.2, -0.15) is 4.98 Å². The van der Waals surface area contributed by atoms with Crippen LogP contribution >= 0.6 is 11.3 Å². The van der Waals surface area contributed by atoms with Crippen molar-refractivity contribution in [2.24, 2.45) is 5.92 Å². The number of hydrogen-bond acceptors (Lipinski definition) is 6. The van der Waals surface area contributed by atoms with Crippen LogP contribution < -0.4 is 0 Å². The highest BCUT2D eigenvalue weighted by atomic mass is 32.1. The molecule has 2 atom stereocenters. The molecule has 0 aliphatic carbocycles. The van der Waals surface area contributed by atoms with Crippen LogP contribution in [0.3, 0.4) is 0 Å². The van der Waals surface area contributed by atoms with Crippen LogP contribution in [0.2, 0.25) is 0 Å². The summed E-state index contributed by atoms with van der Waals surface area (Å²) in [7, 11) is 0. The van der Waals surface area contributed by atoms with Crippen molar-refractivity contribution in [3.8, 4) is 0 Å². The molecule has 2 fully saturated rings. The first-order valence-corrected chi connectivity index (χ1v) is 9.84. The first-order valence-electron chi connectivity index (χ1n) is 8.96. The van der Waals surface area contributed by atoms with Gasteiger partial charge in [-0.1, -0.05) is 11.2 Å². The average molecular weight is 347 g/mol. The quantitative estimate of drug-likeness (QED) is 0.845. The molecule has 2 aromatic heterocycles. The van der Waals surface area contributed by atoms with Gasteiger partial charge in [0.25, 0.3) is 0 Å². The van der Waals surface area contributed by atoms with Gasteiger partial charge in [0.05, 0.1) is 12.0 Å². The monoisotopic (exact) mass is 347 g/mol. The number of aromatic nitrogens is 2. The Balaban J connectivity index is 1.38. The molecule has 130 valence electrons. The van der Waals surface area contributed by atoms with Gasteiger partial charge in [0.2, 0.25) is 5.89 Å². The Labute approximate surface area is 147 Å². The highest BCUT2D eigenvalue weighted by Crippen LogP contribution is 2.38. The van der Waals surface area contributed by atoms with E-state index in [9.17, 15) is 0 Å². The molecule has 0 aromatic carbocycles. The summed E-state index contributed by atoms with van der Waals surface area (Å²) >= 11 is 1.85. The van der Waals surface area contributed by atoms with Crippen LogP contribution in [0.25, 0.3) is 0 Å². The minimum absolute atomic E-state index is 0.238. The summed E-state index contributed by atoms with van der Waals surface area (Å²) in [5.74, 6) is 2.37. The zero-order chi connectivity index (χ0) is 16.4. The van der Waals surface area contributed by atoms with Gasteiger partial charge in [-0.05, 0) is 63.1 Å². The van der Waals surface area contributed by atoms with E-state index in [1.165, 1.54) is 17.7 Å². The van der Waals surface area contributed by atoms with Crippen molar-refractivity contribution in [3.63, 3.8) is 0 Å². The van der Waals surface area contributed by atoms with Crippen LogP contribution in [0, 0.1) is 12.8 Å². The van der Waals surface area contributed by atoms with Crippen LogP contribution in [0.5, 0.6) is 0 Å². The van der Waals surface area contributed by atoms with Gasteiger partial charge < -0.3 is 9.26 Å². The fraction of sp³-hybridized carbons (Fsp3) is 0.667. The van der Waals surface area contributed by atoms with E-state index in [-0.39, 0.29) is 12.0 Å². The lowest BCUT2D eigenvalue weighted by molar-refractivity contribution is -0.0584. The summed E-state index contributed by atoms with van der Waals surface area (Å²) in [6.45, 7) is 6.14. The Hall–Kier alpha value is -1.24.